The monoisotopic (exact) mass is 302 g/mol. The summed E-state index contributed by atoms with van der Waals surface area (Å²) in [6.45, 7) is 6.20. The maximum atomic E-state index is 13.7. The lowest BCUT2D eigenvalue weighted by molar-refractivity contribution is 0.258. The summed E-state index contributed by atoms with van der Waals surface area (Å²) in [7, 11) is 0. The third kappa shape index (κ3) is 3.39. The van der Waals surface area contributed by atoms with E-state index in [1.165, 1.54) is 25.5 Å². The highest BCUT2D eigenvalue weighted by Crippen LogP contribution is 2.24. The number of hydrogen-bond acceptors (Lipinski definition) is 3. The number of rotatable bonds is 6. The standard InChI is InChI=1S/C18H23FN2O/c1-2-21-11-5-6-14(21)12-20-13-15-9-10-18(22-15)16-7-3-4-8-17(16)19/h3-4,7-10,14,20H,2,5-6,11-13H2,1H3/t14-/m0/s1. The minimum atomic E-state index is -0.249. The van der Waals surface area contributed by atoms with Crippen LogP contribution in [0.1, 0.15) is 25.5 Å². The van der Waals surface area contributed by atoms with Crippen LogP contribution in [0.4, 0.5) is 4.39 Å². The molecule has 1 aromatic carbocycles. The lowest BCUT2D eigenvalue weighted by Crippen LogP contribution is -2.37. The maximum absolute atomic E-state index is 13.7. The molecule has 2 aromatic rings. The van der Waals surface area contributed by atoms with Gasteiger partial charge in [0.15, 0.2) is 0 Å². The van der Waals surface area contributed by atoms with E-state index in [1.807, 2.05) is 18.2 Å². The number of likely N-dealkylation sites (N-methyl/N-ethyl adjacent to an activating group) is 1. The third-order valence-corrected chi connectivity index (χ3v) is 4.39. The SMILES string of the molecule is CCN1CCC[C@H]1CNCc1ccc(-c2ccccc2F)o1. The van der Waals surface area contributed by atoms with Crippen LogP contribution in [-0.2, 0) is 6.54 Å². The Balaban J connectivity index is 1.55. The maximum Gasteiger partial charge on any atom is 0.137 e. The first-order valence-electron chi connectivity index (χ1n) is 8.06. The molecule has 1 saturated heterocycles. The van der Waals surface area contributed by atoms with Gasteiger partial charge in [0, 0.05) is 12.6 Å². The third-order valence-electron chi connectivity index (χ3n) is 4.39. The Morgan fingerprint density at radius 2 is 2.14 bits per heavy atom. The molecule has 0 spiro atoms. The van der Waals surface area contributed by atoms with Crippen LogP contribution in [0.2, 0.25) is 0 Å². The van der Waals surface area contributed by atoms with Gasteiger partial charge in [0.05, 0.1) is 12.1 Å². The minimum absolute atomic E-state index is 0.249. The van der Waals surface area contributed by atoms with Gasteiger partial charge in [0.2, 0.25) is 0 Å². The highest BCUT2D eigenvalue weighted by Gasteiger charge is 2.22. The summed E-state index contributed by atoms with van der Waals surface area (Å²) in [6, 6.07) is 11.1. The molecule has 0 radical (unpaired) electrons. The van der Waals surface area contributed by atoms with E-state index < -0.39 is 0 Å². The van der Waals surface area contributed by atoms with Crippen LogP contribution in [-0.4, -0.2) is 30.6 Å². The average molecular weight is 302 g/mol. The Labute approximate surface area is 131 Å². The van der Waals surface area contributed by atoms with Gasteiger partial charge in [0.1, 0.15) is 17.3 Å². The van der Waals surface area contributed by atoms with Crippen LogP contribution in [0.25, 0.3) is 11.3 Å². The number of furan rings is 1. The zero-order valence-electron chi connectivity index (χ0n) is 13.0. The Kier molecular flexibility index (Phi) is 4.90. The van der Waals surface area contributed by atoms with Gasteiger partial charge in [-0.25, -0.2) is 4.39 Å². The van der Waals surface area contributed by atoms with Crippen LogP contribution < -0.4 is 5.32 Å². The second-order valence-corrected chi connectivity index (χ2v) is 5.80. The van der Waals surface area contributed by atoms with Gasteiger partial charge in [-0.3, -0.25) is 4.90 Å². The van der Waals surface area contributed by atoms with Crippen LogP contribution in [0.15, 0.2) is 40.8 Å². The van der Waals surface area contributed by atoms with Crippen molar-refractivity contribution in [3.8, 4) is 11.3 Å². The number of nitrogens with one attached hydrogen (secondary N) is 1. The van der Waals surface area contributed by atoms with Crippen LogP contribution >= 0.6 is 0 Å². The normalized spacial score (nSPS) is 18.9. The van der Waals surface area contributed by atoms with Crippen molar-refractivity contribution in [3.63, 3.8) is 0 Å². The van der Waals surface area contributed by atoms with Crippen molar-refractivity contribution < 1.29 is 8.81 Å². The molecule has 3 rings (SSSR count). The Morgan fingerprint density at radius 3 is 2.95 bits per heavy atom. The lowest BCUT2D eigenvalue weighted by atomic mass is 10.1. The number of nitrogens with zero attached hydrogens (tertiary/aromatic N) is 1. The van der Waals surface area contributed by atoms with E-state index in [0.717, 1.165) is 18.8 Å². The number of hydrogen-bond donors (Lipinski definition) is 1. The quantitative estimate of drug-likeness (QED) is 0.882. The Morgan fingerprint density at radius 1 is 1.27 bits per heavy atom. The molecule has 0 bridgehead atoms. The van der Waals surface area contributed by atoms with Gasteiger partial charge in [-0.2, -0.15) is 0 Å². The first kappa shape index (κ1) is 15.3. The summed E-state index contributed by atoms with van der Waals surface area (Å²) in [5.74, 6) is 1.19. The molecule has 1 atom stereocenters. The van der Waals surface area contributed by atoms with Crippen LogP contribution in [0.3, 0.4) is 0 Å². The zero-order chi connectivity index (χ0) is 15.4. The van der Waals surface area contributed by atoms with Crippen LogP contribution in [0, 0.1) is 5.82 Å². The van der Waals surface area contributed by atoms with Gasteiger partial charge in [-0.1, -0.05) is 19.1 Å². The van der Waals surface area contributed by atoms with Gasteiger partial charge in [0.25, 0.3) is 0 Å². The number of halogens is 1. The molecule has 0 aliphatic carbocycles. The van der Waals surface area contributed by atoms with Crippen LogP contribution in [0.5, 0.6) is 0 Å². The molecule has 1 aliphatic rings. The van der Waals surface area contributed by atoms with E-state index in [9.17, 15) is 4.39 Å². The van der Waals surface area contributed by atoms with Crippen molar-refractivity contribution in [1.29, 1.82) is 0 Å². The summed E-state index contributed by atoms with van der Waals surface area (Å²) >= 11 is 0. The second-order valence-electron chi connectivity index (χ2n) is 5.80. The molecule has 1 aromatic heterocycles. The molecule has 0 unspecified atom stereocenters. The first-order chi connectivity index (χ1) is 10.8. The van der Waals surface area contributed by atoms with E-state index >= 15 is 0 Å². The molecule has 1 N–H and O–H groups in total. The summed E-state index contributed by atoms with van der Waals surface area (Å²) < 4.78 is 19.5. The van der Waals surface area contributed by atoms with E-state index in [-0.39, 0.29) is 5.82 Å². The van der Waals surface area contributed by atoms with E-state index in [0.29, 0.717) is 23.9 Å². The molecule has 1 aliphatic heterocycles. The van der Waals surface area contributed by atoms with Crippen molar-refractivity contribution in [2.45, 2.75) is 32.4 Å². The molecular weight excluding hydrogens is 279 g/mol. The largest absolute Gasteiger partial charge is 0.460 e. The highest BCUT2D eigenvalue weighted by atomic mass is 19.1. The first-order valence-corrected chi connectivity index (χ1v) is 8.06. The van der Waals surface area contributed by atoms with Crippen molar-refractivity contribution in [2.24, 2.45) is 0 Å². The zero-order valence-corrected chi connectivity index (χ0v) is 13.0. The molecule has 4 heteroatoms. The molecule has 22 heavy (non-hydrogen) atoms. The molecule has 1 fully saturated rings. The average Bonchev–Trinajstić information content (AvgIpc) is 3.17. The fraction of sp³-hybridized carbons (Fsp3) is 0.444. The van der Waals surface area contributed by atoms with Crippen molar-refractivity contribution >= 4 is 0 Å². The van der Waals surface area contributed by atoms with Gasteiger partial charge >= 0.3 is 0 Å². The molecule has 118 valence electrons. The molecule has 3 nitrogen and oxygen atoms in total. The smallest absolute Gasteiger partial charge is 0.137 e. The fourth-order valence-electron chi connectivity index (χ4n) is 3.18. The summed E-state index contributed by atoms with van der Waals surface area (Å²) in [4.78, 5) is 2.51. The Bertz CT molecular complexity index is 611. The van der Waals surface area contributed by atoms with Gasteiger partial charge < -0.3 is 9.73 Å². The van der Waals surface area contributed by atoms with E-state index in [1.54, 1.807) is 12.1 Å². The summed E-state index contributed by atoms with van der Waals surface area (Å²) in [5.41, 5.74) is 0.515. The fourth-order valence-corrected chi connectivity index (χ4v) is 3.18. The predicted molar refractivity (Wildman–Crippen MR) is 86.1 cm³/mol. The van der Waals surface area contributed by atoms with E-state index in [2.05, 4.69) is 17.1 Å². The van der Waals surface area contributed by atoms with Crippen molar-refractivity contribution in [1.82, 2.24) is 10.2 Å². The topological polar surface area (TPSA) is 28.4 Å². The molecule has 0 saturated carbocycles. The summed E-state index contributed by atoms with van der Waals surface area (Å²) in [5, 5.41) is 3.46. The Hall–Kier alpha value is -1.65. The van der Waals surface area contributed by atoms with Gasteiger partial charge in [-0.15, -0.1) is 0 Å². The number of likely N-dealkylation sites (tertiary alicyclic amines) is 1. The minimum Gasteiger partial charge on any atom is -0.460 e. The van der Waals surface area contributed by atoms with Gasteiger partial charge in [-0.05, 0) is 50.2 Å². The lowest BCUT2D eigenvalue weighted by Gasteiger charge is -2.22. The van der Waals surface area contributed by atoms with Crippen molar-refractivity contribution in [3.05, 3.63) is 48.0 Å². The molecule has 2 heterocycles. The number of benzene rings is 1. The highest BCUT2D eigenvalue weighted by molar-refractivity contribution is 5.58. The molecule has 0 amide bonds. The van der Waals surface area contributed by atoms with Crippen molar-refractivity contribution in [2.75, 3.05) is 19.6 Å². The van der Waals surface area contributed by atoms with E-state index in [4.69, 9.17) is 4.42 Å². The summed E-state index contributed by atoms with van der Waals surface area (Å²) in [6.07, 6.45) is 2.55. The second kappa shape index (κ2) is 7.07. The predicted octanol–water partition coefficient (Wildman–Crippen LogP) is 3.66. The molecular formula is C18H23FN2O.